The number of hydrogen-bond acceptors (Lipinski definition) is 4. The van der Waals surface area contributed by atoms with Gasteiger partial charge in [-0.1, -0.05) is 0 Å². The number of aryl methyl sites for hydroxylation is 1. The van der Waals surface area contributed by atoms with Gasteiger partial charge in [-0.15, -0.1) is 0 Å². The number of nitrogen functional groups attached to an aromatic ring is 1. The number of aromatic nitrogens is 1. The minimum Gasteiger partial charge on any atom is -0.397 e. The monoisotopic (exact) mass is 234 g/mol. The third kappa shape index (κ3) is 2.49. The quantitative estimate of drug-likeness (QED) is 0.774. The summed E-state index contributed by atoms with van der Waals surface area (Å²) >= 11 is 0. The Balaban J connectivity index is 2.05. The number of nitrogens with zero attached hydrogens (tertiary/aromatic N) is 3. The Labute approximate surface area is 101 Å². The molecule has 0 bridgehead atoms. The van der Waals surface area contributed by atoms with Gasteiger partial charge in [-0.05, 0) is 18.6 Å². The molecule has 1 aliphatic rings. The average molecular weight is 234 g/mol. The molecule has 1 aliphatic heterocycles. The molecule has 1 saturated heterocycles. The van der Waals surface area contributed by atoms with E-state index in [4.69, 9.17) is 5.73 Å². The van der Waals surface area contributed by atoms with Gasteiger partial charge in [-0.2, -0.15) is 0 Å². The zero-order valence-electron chi connectivity index (χ0n) is 10.3. The van der Waals surface area contributed by atoms with Gasteiger partial charge in [0.1, 0.15) is 5.82 Å². The number of rotatable bonds is 1. The van der Waals surface area contributed by atoms with E-state index in [9.17, 15) is 4.79 Å². The molecule has 1 aromatic heterocycles. The molecule has 0 atom stereocenters. The molecule has 92 valence electrons. The Morgan fingerprint density at radius 2 is 2.00 bits per heavy atom. The lowest BCUT2D eigenvalue weighted by molar-refractivity contribution is -0.129. The van der Waals surface area contributed by atoms with Crippen molar-refractivity contribution in [3.63, 3.8) is 0 Å². The fourth-order valence-corrected chi connectivity index (χ4v) is 1.98. The molecule has 17 heavy (non-hydrogen) atoms. The fraction of sp³-hybridized carbons (Fsp3) is 0.500. The van der Waals surface area contributed by atoms with Gasteiger partial charge in [0.2, 0.25) is 5.91 Å². The van der Waals surface area contributed by atoms with E-state index in [1.807, 2.05) is 17.9 Å². The summed E-state index contributed by atoms with van der Waals surface area (Å²) in [5.41, 5.74) is 7.51. The van der Waals surface area contributed by atoms with E-state index in [2.05, 4.69) is 9.88 Å². The lowest BCUT2D eigenvalue weighted by Gasteiger charge is -2.35. The number of amides is 1. The lowest BCUT2D eigenvalue weighted by atomic mass is 10.2. The summed E-state index contributed by atoms with van der Waals surface area (Å²) in [6.07, 6.45) is 1.70. The number of carbonyl (C=O) groups excluding carboxylic acids is 1. The number of anilines is 2. The molecular weight excluding hydrogens is 216 g/mol. The second kappa shape index (κ2) is 4.61. The van der Waals surface area contributed by atoms with Crippen LogP contribution in [0.4, 0.5) is 11.5 Å². The van der Waals surface area contributed by atoms with Gasteiger partial charge in [0.15, 0.2) is 0 Å². The van der Waals surface area contributed by atoms with Crippen LogP contribution in [0.25, 0.3) is 0 Å². The Morgan fingerprint density at radius 1 is 1.35 bits per heavy atom. The highest BCUT2D eigenvalue weighted by molar-refractivity contribution is 5.73. The molecule has 0 aliphatic carbocycles. The SMILES string of the molecule is CC(=O)N1CCN(c2cc(C)c(N)cn2)CC1. The highest BCUT2D eigenvalue weighted by atomic mass is 16.2. The van der Waals surface area contributed by atoms with Crippen molar-refractivity contribution in [1.82, 2.24) is 9.88 Å². The molecular formula is C12H18N4O. The molecule has 1 fully saturated rings. The number of hydrogen-bond donors (Lipinski definition) is 1. The summed E-state index contributed by atoms with van der Waals surface area (Å²) in [5, 5.41) is 0. The van der Waals surface area contributed by atoms with E-state index in [-0.39, 0.29) is 5.91 Å². The van der Waals surface area contributed by atoms with E-state index < -0.39 is 0 Å². The van der Waals surface area contributed by atoms with Crippen molar-refractivity contribution in [2.24, 2.45) is 0 Å². The first-order chi connectivity index (χ1) is 8.08. The van der Waals surface area contributed by atoms with Gasteiger partial charge in [0.05, 0.1) is 11.9 Å². The molecule has 1 amide bonds. The van der Waals surface area contributed by atoms with Crippen LogP contribution in [-0.4, -0.2) is 42.0 Å². The van der Waals surface area contributed by atoms with Gasteiger partial charge < -0.3 is 15.5 Å². The minimum absolute atomic E-state index is 0.145. The Kier molecular flexibility index (Phi) is 3.17. The lowest BCUT2D eigenvalue weighted by Crippen LogP contribution is -2.48. The van der Waals surface area contributed by atoms with Crippen molar-refractivity contribution in [2.75, 3.05) is 36.8 Å². The van der Waals surface area contributed by atoms with Crippen LogP contribution in [-0.2, 0) is 4.79 Å². The summed E-state index contributed by atoms with van der Waals surface area (Å²) < 4.78 is 0. The van der Waals surface area contributed by atoms with E-state index in [1.165, 1.54) is 0 Å². The highest BCUT2D eigenvalue weighted by Crippen LogP contribution is 2.18. The minimum atomic E-state index is 0.145. The molecule has 0 saturated carbocycles. The topological polar surface area (TPSA) is 62.5 Å². The first kappa shape index (κ1) is 11.7. The molecule has 1 aromatic rings. The third-order valence-electron chi connectivity index (χ3n) is 3.19. The van der Waals surface area contributed by atoms with Gasteiger partial charge in [0.25, 0.3) is 0 Å². The van der Waals surface area contributed by atoms with E-state index in [0.29, 0.717) is 0 Å². The van der Waals surface area contributed by atoms with Crippen LogP contribution in [0, 0.1) is 6.92 Å². The molecule has 0 spiro atoms. The van der Waals surface area contributed by atoms with Crippen molar-refractivity contribution in [3.8, 4) is 0 Å². The van der Waals surface area contributed by atoms with Crippen LogP contribution in [0.5, 0.6) is 0 Å². The Morgan fingerprint density at radius 3 is 2.53 bits per heavy atom. The van der Waals surface area contributed by atoms with Crippen LogP contribution < -0.4 is 10.6 Å². The smallest absolute Gasteiger partial charge is 0.219 e. The van der Waals surface area contributed by atoms with Crippen LogP contribution in [0.3, 0.4) is 0 Å². The number of nitrogens with two attached hydrogens (primary N) is 1. The molecule has 0 aromatic carbocycles. The standard InChI is InChI=1S/C12H18N4O/c1-9-7-12(14-8-11(9)13)16-5-3-15(4-6-16)10(2)17/h7-8H,3-6,13H2,1-2H3. The van der Waals surface area contributed by atoms with Crippen molar-refractivity contribution in [2.45, 2.75) is 13.8 Å². The first-order valence-electron chi connectivity index (χ1n) is 5.80. The summed E-state index contributed by atoms with van der Waals surface area (Å²) in [7, 11) is 0. The van der Waals surface area contributed by atoms with Crippen molar-refractivity contribution >= 4 is 17.4 Å². The molecule has 5 nitrogen and oxygen atoms in total. The summed E-state index contributed by atoms with van der Waals surface area (Å²) in [6.45, 7) is 6.78. The summed E-state index contributed by atoms with van der Waals surface area (Å²) in [6, 6.07) is 2.00. The van der Waals surface area contributed by atoms with Crippen molar-refractivity contribution in [3.05, 3.63) is 17.8 Å². The van der Waals surface area contributed by atoms with Crippen LogP contribution in [0.2, 0.25) is 0 Å². The number of piperazine rings is 1. The zero-order chi connectivity index (χ0) is 12.4. The summed E-state index contributed by atoms with van der Waals surface area (Å²) in [4.78, 5) is 19.6. The van der Waals surface area contributed by atoms with Crippen molar-refractivity contribution in [1.29, 1.82) is 0 Å². The second-order valence-electron chi connectivity index (χ2n) is 4.39. The van der Waals surface area contributed by atoms with E-state index in [1.54, 1.807) is 13.1 Å². The second-order valence-corrected chi connectivity index (χ2v) is 4.39. The highest BCUT2D eigenvalue weighted by Gasteiger charge is 2.19. The molecule has 2 heterocycles. The van der Waals surface area contributed by atoms with Crippen LogP contribution in [0.15, 0.2) is 12.3 Å². The van der Waals surface area contributed by atoms with Gasteiger partial charge in [-0.3, -0.25) is 4.79 Å². The molecule has 2 N–H and O–H groups in total. The van der Waals surface area contributed by atoms with E-state index >= 15 is 0 Å². The van der Waals surface area contributed by atoms with Gasteiger partial charge in [-0.25, -0.2) is 4.98 Å². The fourth-order valence-electron chi connectivity index (χ4n) is 1.98. The number of pyridine rings is 1. The Hall–Kier alpha value is -1.78. The maximum absolute atomic E-state index is 11.2. The average Bonchev–Trinajstić information content (AvgIpc) is 2.33. The molecule has 0 radical (unpaired) electrons. The van der Waals surface area contributed by atoms with Crippen LogP contribution >= 0.6 is 0 Å². The third-order valence-corrected chi connectivity index (χ3v) is 3.19. The maximum atomic E-state index is 11.2. The zero-order valence-corrected chi connectivity index (χ0v) is 10.3. The predicted octanol–water partition coefficient (Wildman–Crippen LogP) is 0.641. The number of carbonyl (C=O) groups is 1. The largest absolute Gasteiger partial charge is 0.397 e. The first-order valence-corrected chi connectivity index (χ1v) is 5.80. The molecule has 2 rings (SSSR count). The maximum Gasteiger partial charge on any atom is 0.219 e. The van der Waals surface area contributed by atoms with Crippen molar-refractivity contribution < 1.29 is 4.79 Å². The Bertz CT molecular complexity index is 425. The van der Waals surface area contributed by atoms with Crippen LogP contribution in [0.1, 0.15) is 12.5 Å². The predicted molar refractivity (Wildman–Crippen MR) is 67.9 cm³/mol. The molecule has 5 heteroatoms. The van der Waals surface area contributed by atoms with E-state index in [0.717, 1.165) is 43.2 Å². The van der Waals surface area contributed by atoms with Gasteiger partial charge in [0, 0.05) is 33.1 Å². The molecule has 0 unspecified atom stereocenters. The normalized spacial score (nSPS) is 16.1. The summed E-state index contributed by atoms with van der Waals surface area (Å²) in [5.74, 6) is 1.09. The van der Waals surface area contributed by atoms with Gasteiger partial charge >= 0.3 is 0 Å².